The second-order valence-corrected chi connectivity index (χ2v) is 4.65. The number of hydrogen-bond acceptors (Lipinski definition) is 3. The molecule has 0 saturated heterocycles. The van der Waals surface area contributed by atoms with Crippen LogP contribution in [0, 0.1) is 0 Å². The molecular weight excluding hydrogens is 228 g/mol. The van der Waals surface area contributed by atoms with E-state index in [0.717, 1.165) is 5.52 Å². The number of nitrogen functional groups attached to an aromatic ring is 1. The van der Waals surface area contributed by atoms with Crippen molar-refractivity contribution in [1.82, 2.24) is 4.98 Å². The number of nitrogens with two attached hydrogens (primary N) is 1. The predicted octanol–water partition coefficient (Wildman–Crippen LogP) is 3.81. The molecule has 0 spiro atoms. The lowest BCUT2D eigenvalue weighted by atomic mass is 9.99. The minimum atomic E-state index is 0. The van der Waals surface area contributed by atoms with Crippen LogP contribution < -0.4 is 5.73 Å². The first-order chi connectivity index (χ1) is 6.70. The van der Waals surface area contributed by atoms with Crippen molar-refractivity contribution in [2.75, 3.05) is 5.73 Å². The van der Waals surface area contributed by atoms with Crippen LogP contribution >= 0.6 is 23.7 Å². The van der Waals surface area contributed by atoms with E-state index < -0.39 is 0 Å². The molecule has 1 heterocycles. The number of nitrogens with zero attached hydrogens (tertiary/aromatic N) is 1. The van der Waals surface area contributed by atoms with Gasteiger partial charge in [0.2, 0.25) is 0 Å². The standard InChI is InChI=1S/C11H14N2S.ClH/c1-3-7(2)8-4-5-9-10(6-8)14-11(12)13-9;/h4-7H,3H2,1-2H3,(H2,12,13);1H. The zero-order chi connectivity index (χ0) is 10.1. The highest BCUT2D eigenvalue weighted by atomic mass is 35.5. The van der Waals surface area contributed by atoms with Crippen molar-refractivity contribution in [1.29, 1.82) is 0 Å². The molecule has 0 radical (unpaired) electrons. The Kier molecular flexibility index (Phi) is 3.94. The minimum Gasteiger partial charge on any atom is -0.375 e. The van der Waals surface area contributed by atoms with E-state index in [9.17, 15) is 0 Å². The summed E-state index contributed by atoms with van der Waals surface area (Å²) in [4.78, 5) is 4.24. The highest BCUT2D eigenvalue weighted by Crippen LogP contribution is 2.28. The van der Waals surface area contributed by atoms with Crippen molar-refractivity contribution in [3.05, 3.63) is 23.8 Å². The third-order valence-corrected chi connectivity index (χ3v) is 3.46. The molecule has 0 aliphatic heterocycles. The van der Waals surface area contributed by atoms with Crippen LogP contribution in [-0.4, -0.2) is 4.98 Å². The molecule has 0 bridgehead atoms. The number of halogens is 1. The van der Waals surface area contributed by atoms with Crippen molar-refractivity contribution in [3.63, 3.8) is 0 Å². The van der Waals surface area contributed by atoms with Crippen molar-refractivity contribution in [2.45, 2.75) is 26.2 Å². The van der Waals surface area contributed by atoms with Crippen LogP contribution in [0.3, 0.4) is 0 Å². The van der Waals surface area contributed by atoms with E-state index in [4.69, 9.17) is 5.73 Å². The monoisotopic (exact) mass is 242 g/mol. The molecule has 82 valence electrons. The Morgan fingerprint density at radius 2 is 2.20 bits per heavy atom. The minimum absolute atomic E-state index is 0. The first-order valence-electron chi connectivity index (χ1n) is 4.86. The number of anilines is 1. The van der Waals surface area contributed by atoms with Crippen LogP contribution in [0.25, 0.3) is 10.2 Å². The van der Waals surface area contributed by atoms with Gasteiger partial charge in [0.05, 0.1) is 10.2 Å². The Labute approximate surface area is 99.9 Å². The van der Waals surface area contributed by atoms with E-state index in [2.05, 4.69) is 37.0 Å². The lowest BCUT2D eigenvalue weighted by Gasteiger charge is -2.07. The summed E-state index contributed by atoms with van der Waals surface area (Å²) in [6, 6.07) is 6.41. The van der Waals surface area contributed by atoms with Gasteiger partial charge >= 0.3 is 0 Å². The average molecular weight is 243 g/mol. The highest BCUT2D eigenvalue weighted by Gasteiger charge is 2.06. The van der Waals surface area contributed by atoms with E-state index in [1.165, 1.54) is 16.7 Å². The van der Waals surface area contributed by atoms with Gasteiger partial charge < -0.3 is 5.73 Å². The first-order valence-corrected chi connectivity index (χ1v) is 5.68. The molecule has 2 aromatic rings. The summed E-state index contributed by atoms with van der Waals surface area (Å²) in [7, 11) is 0. The maximum atomic E-state index is 5.66. The summed E-state index contributed by atoms with van der Waals surface area (Å²) >= 11 is 1.56. The van der Waals surface area contributed by atoms with Crippen molar-refractivity contribution < 1.29 is 0 Å². The van der Waals surface area contributed by atoms with Crippen LogP contribution in [0.2, 0.25) is 0 Å². The van der Waals surface area contributed by atoms with Gasteiger partial charge in [0, 0.05) is 0 Å². The van der Waals surface area contributed by atoms with Crippen LogP contribution in [0.15, 0.2) is 18.2 Å². The summed E-state index contributed by atoms with van der Waals surface area (Å²) in [5.74, 6) is 0.614. The zero-order valence-corrected chi connectivity index (χ0v) is 10.5. The summed E-state index contributed by atoms with van der Waals surface area (Å²) in [6.45, 7) is 4.45. The molecule has 2 nitrogen and oxygen atoms in total. The van der Waals surface area contributed by atoms with E-state index >= 15 is 0 Å². The van der Waals surface area contributed by atoms with Gasteiger partial charge in [-0.3, -0.25) is 0 Å². The summed E-state index contributed by atoms with van der Waals surface area (Å²) in [5, 5.41) is 0.654. The Hall–Kier alpha value is -0.800. The molecule has 15 heavy (non-hydrogen) atoms. The second kappa shape index (κ2) is 4.81. The summed E-state index contributed by atoms with van der Waals surface area (Å²) in [6.07, 6.45) is 1.17. The molecule has 0 fully saturated rings. The molecule has 2 rings (SSSR count). The van der Waals surface area contributed by atoms with E-state index in [0.29, 0.717) is 11.0 Å². The van der Waals surface area contributed by atoms with Gasteiger partial charge in [-0.1, -0.05) is 31.3 Å². The molecule has 0 amide bonds. The normalized spacial score (nSPS) is 12.4. The lowest BCUT2D eigenvalue weighted by molar-refractivity contribution is 0.735. The van der Waals surface area contributed by atoms with E-state index in [-0.39, 0.29) is 12.4 Å². The number of rotatable bonds is 2. The Morgan fingerprint density at radius 3 is 2.87 bits per heavy atom. The smallest absolute Gasteiger partial charge is 0.181 e. The third-order valence-electron chi connectivity index (χ3n) is 2.61. The number of hydrogen-bond donors (Lipinski definition) is 1. The lowest BCUT2D eigenvalue weighted by Crippen LogP contribution is -1.89. The van der Waals surface area contributed by atoms with Crippen molar-refractivity contribution in [3.8, 4) is 0 Å². The Balaban J connectivity index is 0.00000112. The van der Waals surface area contributed by atoms with Gasteiger partial charge in [-0.05, 0) is 30.0 Å². The van der Waals surface area contributed by atoms with E-state index in [1.807, 2.05) is 0 Å². The molecule has 1 aromatic carbocycles. The van der Waals surface area contributed by atoms with Crippen LogP contribution in [0.1, 0.15) is 31.7 Å². The SMILES string of the molecule is CCC(C)c1ccc2nc(N)sc2c1.Cl. The molecule has 1 aromatic heterocycles. The molecule has 0 saturated carbocycles. The maximum absolute atomic E-state index is 5.66. The highest BCUT2D eigenvalue weighted by molar-refractivity contribution is 7.22. The molecule has 0 aliphatic rings. The maximum Gasteiger partial charge on any atom is 0.181 e. The molecule has 0 aliphatic carbocycles. The van der Waals surface area contributed by atoms with Gasteiger partial charge in [-0.2, -0.15) is 0 Å². The van der Waals surface area contributed by atoms with Gasteiger partial charge in [-0.25, -0.2) is 4.98 Å². The second-order valence-electron chi connectivity index (χ2n) is 3.59. The first kappa shape index (κ1) is 12.3. The largest absolute Gasteiger partial charge is 0.375 e. The van der Waals surface area contributed by atoms with Crippen LogP contribution in [0.4, 0.5) is 5.13 Å². The van der Waals surface area contributed by atoms with E-state index in [1.54, 1.807) is 11.3 Å². The Morgan fingerprint density at radius 1 is 1.47 bits per heavy atom. The number of aromatic nitrogens is 1. The number of thiazole rings is 1. The molecule has 4 heteroatoms. The van der Waals surface area contributed by atoms with Gasteiger partial charge in [0.1, 0.15) is 0 Å². The Bertz CT molecular complexity index is 453. The predicted molar refractivity (Wildman–Crippen MR) is 70.0 cm³/mol. The molecule has 1 atom stereocenters. The third kappa shape index (κ3) is 2.41. The average Bonchev–Trinajstić information content (AvgIpc) is 2.55. The summed E-state index contributed by atoms with van der Waals surface area (Å²) in [5.41, 5.74) is 8.05. The zero-order valence-electron chi connectivity index (χ0n) is 8.86. The fourth-order valence-electron chi connectivity index (χ4n) is 1.50. The van der Waals surface area contributed by atoms with Gasteiger partial charge in [0.15, 0.2) is 5.13 Å². The number of fused-ring (bicyclic) bond motifs is 1. The van der Waals surface area contributed by atoms with Gasteiger partial charge in [-0.15, -0.1) is 12.4 Å². The number of benzene rings is 1. The van der Waals surface area contributed by atoms with Crippen LogP contribution in [-0.2, 0) is 0 Å². The fourth-order valence-corrected chi connectivity index (χ4v) is 2.28. The fraction of sp³-hybridized carbons (Fsp3) is 0.364. The van der Waals surface area contributed by atoms with Crippen molar-refractivity contribution in [2.24, 2.45) is 0 Å². The summed E-state index contributed by atoms with van der Waals surface area (Å²) < 4.78 is 1.19. The molecule has 1 unspecified atom stereocenters. The van der Waals surface area contributed by atoms with Gasteiger partial charge in [0.25, 0.3) is 0 Å². The van der Waals surface area contributed by atoms with Crippen LogP contribution in [0.5, 0.6) is 0 Å². The molecule has 2 N–H and O–H groups in total. The van der Waals surface area contributed by atoms with Crippen molar-refractivity contribution >= 4 is 39.1 Å². The molecular formula is C11H15ClN2S. The topological polar surface area (TPSA) is 38.9 Å². The quantitative estimate of drug-likeness (QED) is 0.870.